The molecule has 3 rings (SSSR count). The molecular formula is C22H26N3O3+. The topological polar surface area (TPSA) is 64.2 Å². The first-order valence-electron chi connectivity index (χ1n) is 9.55. The van der Waals surface area contributed by atoms with Gasteiger partial charge in [0, 0.05) is 18.7 Å². The average molecular weight is 380 g/mol. The molecule has 0 radical (unpaired) electrons. The molecular weight excluding hydrogens is 354 g/mol. The second kappa shape index (κ2) is 8.25. The van der Waals surface area contributed by atoms with E-state index in [4.69, 9.17) is 4.74 Å². The Hall–Kier alpha value is -3.15. The van der Waals surface area contributed by atoms with E-state index in [2.05, 4.69) is 16.8 Å². The van der Waals surface area contributed by atoms with Crippen LogP contribution in [-0.4, -0.2) is 23.1 Å². The number of amides is 1. The first-order valence-corrected chi connectivity index (χ1v) is 9.55. The van der Waals surface area contributed by atoms with Crippen molar-refractivity contribution in [1.29, 1.82) is 0 Å². The van der Waals surface area contributed by atoms with Crippen LogP contribution in [0.4, 0.5) is 5.69 Å². The molecule has 1 aromatic heterocycles. The van der Waals surface area contributed by atoms with E-state index < -0.39 is 6.04 Å². The minimum absolute atomic E-state index is 0.115. The minimum atomic E-state index is -0.451. The summed E-state index contributed by atoms with van der Waals surface area (Å²) in [5, 5.41) is 2.96. The molecule has 1 amide bonds. The number of aromatic nitrogens is 2. The number of carbonyl (C=O) groups excluding carboxylic acids is 2. The zero-order valence-electron chi connectivity index (χ0n) is 16.7. The summed E-state index contributed by atoms with van der Waals surface area (Å²) in [6.45, 7) is 8.78. The Bertz CT molecular complexity index is 1010. The monoisotopic (exact) mass is 380 g/mol. The van der Waals surface area contributed by atoms with Gasteiger partial charge in [0.15, 0.2) is 17.1 Å². The number of para-hydroxylation sites is 1. The predicted molar refractivity (Wildman–Crippen MR) is 108 cm³/mol. The Labute approximate surface area is 164 Å². The molecule has 28 heavy (non-hydrogen) atoms. The molecule has 0 saturated heterocycles. The summed E-state index contributed by atoms with van der Waals surface area (Å²) in [6.07, 6.45) is 0. The molecule has 6 heteroatoms. The van der Waals surface area contributed by atoms with Crippen LogP contribution in [0.2, 0.25) is 0 Å². The molecule has 3 aromatic rings. The van der Waals surface area contributed by atoms with E-state index in [-0.39, 0.29) is 11.9 Å². The number of esters is 1. The molecule has 0 spiro atoms. The standard InChI is InChI=1S/C22H25N3O3/c1-5-24-16(4)25(15(3)21(26)23-18-10-8-7-9-11-18)20-14-17(12-13-19(20)24)22(27)28-6-2/h7-15H,5-6H2,1-4H3/p+1/t15-/m1/s1. The summed E-state index contributed by atoms with van der Waals surface area (Å²) >= 11 is 0. The first kappa shape index (κ1) is 19.6. The minimum Gasteiger partial charge on any atom is -0.462 e. The summed E-state index contributed by atoms with van der Waals surface area (Å²) in [5.74, 6) is 0.476. The largest absolute Gasteiger partial charge is 0.462 e. The highest BCUT2D eigenvalue weighted by Crippen LogP contribution is 2.23. The number of aryl methyl sites for hydroxylation is 1. The Morgan fingerprint density at radius 2 is 1.86 bits per heavy atom. The molecule has 0 aliphatic rings. The molecule has 0 aliphatic heterocycles. The van der Waals surface area contributed by atoms with Gasteiger partial charge < -0.3 is 10.1 Å². The van der Waals surface area contributed by atoms with Gasteiger partial charge in [-0.15, -0.1) is 0 Å². The van der Waals surface area contributed by atoms with Crippen LogP contribution in [-0.2, 0) is 16.1 Å². The Balaban J connectivity index is 2.05. The highest BCUT2D eigenvalue weighted by atomic mass is 16.5. The van der Waals surface area contributed by atoms with Gasteiger partial charge in [0.25, 0.3) is 11.7 Å². The number of rotatable bonds is 6. The lowest BCUT2D eigenvalue weighted by Gasteiger charge is -2.12. The molecule has 1 N–H and O–H groups in total. The maximum Gasteiger partial charge on any atom is 0.338 e. The number of anilines is 1. The molecule has 0 bridgehead atoms. The van der Waals surface area contributed by atoms with Gasteiger partial charge in [0.2, 0.25) is 0 Å². The van der Waals surface area contributed by atoms with Crippen LogP contribution in [0.25, 0.3) is 11.0 Å². The maximum absolute atomic E-state index is 12.9. The smallest absolute Gasteiger partial charge is 0.338 e. The number of nitrogens with zero attached hydrogens (tertiary/aromatic N) is 2. The highest BCUT2D eigenvalue weighted by molar-refractivity contribution is 5.96. The molecule has 1 atom stereocenters. The van der Waals surface area contributed by atoms with E-state index in [0.29, 0.717) is 12.2 Å². The van der Waals surface area contributed by atoms with E-state index in [9.17, 15) is 9.59 Å². The third kappa shape index (κ3) is 3.63. The van der Waals surface area contributed by atoms with Crippen LogP contribution in [0.15, 0.2) is 48.5 Å². The van der Waals surface area contributed by atoms with Crippen molar-refractivity contribution in [2.75, 3.05) is 11.9 Å². The Morgan fingerprint density at radius 3 is 2.50 bits per heavy atom. The van der Waals surface area contributed by atoms with Crippen LogP contribution in [0.1, 0.15) is 43.0 Å². The summed E-state index contributed by atoms with van der Waals surface area (Å²) in [7, 11) is 0. The fraction of sp³-hybridized carbons (Fsp3) is 0.318. The van der Waals surface area contributed by atoms with Gasteiger partial charge in [-0.25, -0.2) is 13.9 Å². The summed E-state index contributed by atoms with van der Waals surface area (Å²) < 4.78 is 9.24. The number of benzene rings is 2. The van der Waals surface area contributed by atoms with Crippen molar-refractivity contribution in [3.8, 4) is 0 Å². The van der Waals surface area contributed by atoms with Crippen molar-refractivity contribution >= 4 is 28.6 Å². The molecule has 1 heterocycles. The first-order chi connectivity index (χ1) is 13.5. The molecule has 0 aliphatic carbocycles. The van der Waals surface area contributed by atoms with E-state index in [0.717, 1.165) is 29.1 Å². The van der Waals surface area contributed by atoms with Crippen LogP contribution in [0, 0.1) is 6.92 Å². The van der Waals surface area contributed by atoms with E-state index in [1.807, 2.05) is 54.8 Å². The van der Waals surface area contributed by atoms with Crippen molar-refractivity contribution in [2.45, 2.75) is 40.3 Å². The lowest BCUT2D eigenvalue weighted by molar-refractivity contribution is -0.675. The van der Waals surface area contributed by atoms with Crippen molar-refractivity contribution < 1.29 is 18.9 Å². The van der Waals surface area contributed by atoms with Crippen molar-refractivity contribution in [1.82, 2.24) is 4.57 Å². The van der Waals surface area contributed by atoms with Gasteiger partial charge in [0.1, 0.15) is 0 Å². The number of fused-ring (bicyclic) bond motifs is 1. The number of imidazole rings is 1. The second-order valence-electron chi connectivity index (χ2n) is 6.62. The van der Waals surface area contributed by atoms with Gasteiger partial charge in [0.05, 0.1) is 18.7 Å². The van der Waals surface area contributed by atoms with Crippen LogP contribution in [0.5, 0.6) is 0 Å². The number of ether oxygens (including phenoxy) is 1. The molecule has 0 saturated carbocycles. The normalized spacial score (nSPS) is 12.0. The van der Waals surface area contributed by atoms with Gasteiger partial charge in [-0.05, 0) is 45.0 Å². The van der Waals surface area contributed by atoms with E-state index in [1.165, 1.54) is 0 Å². The lowest BCUT2D eigenvalue weighted by Crippen LogP contribution is -2.36. The molecule has 0 unspecified atom stereocenters. The summed E-state index contributed by atoms with van der Waals surface area (Å²) in [6, 6.07) is 14.4. The van der Waals surface area contributed by atoms with Crippen molar-refractivity contribution in [2.24, 2.45) is 0 Å². The van der Waals surface area contributed by atoms with Gasteiger partial charge >= 0.3 is 5.97 Å². The average Bonchev–Trinajstić information content (AvgIpc) is 2.98. The second-order valence-corrected chi connectivity index (χ2v) is 6.62. The number of hydrogen-bond donors (Lipinski definition) is 1. The number of nitrogens with one attached hydrogen (secondary N) is 1. The molecule has 0 fully saturated rings. The zero-order chi connectivity index (χ0) is 20.3. The SMILES string of the molecule is CCOC(=O)c1ccc2c(c1)n([C@H](C)C(=O)Nc1ccccc1)c(C)[n+]2CC. The third-order valence-corrected chi connectivity index (χ3v) is 4.90. The third-order valence-electron chi connectivity index (χ3n) is 4.90. The number of hydrogen-bond acceptors (Lipinski definition) is 3. The highest BCUT2D eigenvalue weighted by Gasteiger charge is 2.29. The quantitative estimate of drug-likeness (QED) is 0.525. The zero-order valence-corrected chi connectivity index (χ0v) is 16.7. The van der Waals surface area contributed by atoms with Gasteiger partial charge in [-0.2, -0.15) is 0 Å². The fourth-order valence-corrected chi connectivity index (χ4v) is 3.54. The summed E-state index contributed by atoms with van der Waals surface area (Å²) in [5.41, 5.74) is 3.05. The van der Waals surface area contributed by atoms with Gasteiger partial charge in [-0.1, -0.05) is 18.2 Å². The lowest BCUT2D eigenvalue weighted by atomic mass is 10.2. The Morgan fingerprint density at radius 1 is 1.14 bits per heavy atom. The van der Waals surface area contributed by atoms with Crippen molar-refractivity contribution in [3.05, 3.63) is 59.9 Å². The van der Waals surface area contributed by atoms with Crippen LogP contribution < -0.4 is 9.88 Å². The molecule has 146 valence electrons. The Kier molecular flexibility index (Phi) is 5.78. The van der Waals surface area contributed by atoms with Crippen LogP contribution >= 0.6 is 0 Å². The molecule has 2 aromatic carbocycles. The maximum atomic E-state index is 12.9. The predicted octanol–water partition coefficient (Wildman–Crippen LogP) is 3.63. The van der Waals surface area contributed by atoms with Crippen molar-refractivity contribution in [3.63, 3.8) is 0 Å². The van der Waals surface area contributed by atoms with Gasteiger partial charge in [-0.3, -0.25) is 4.79 Å². The van der Waals surface area contributed by atoms with Crippen LogP contribution in [0.3, 0.4) is 0 Å². The van der Waals surface area contributed by atoms with E-state index >= 15 is 0 Å². The molecule has 6 nitrogen and oxygen atoms in total. The number of carbonyl (C=O) groups is 2. The van der Waals surface area contributed by atoms with E-state index in [1.54, 1.807) is 19.1 Å². The fourth-order valence-electron chi connectivity index (χ4n) is 3.54. The summed E-state index contributed by atoms with van der Waals surface area (Å²) in [4.78, 5) is 25.1.